The molecule has 0 aromatic carbocycles. The molecule has 1 aromatic heterocycles. The van der Waals surface area contributed by atoms with Gasteiger partial charge < -0.3 is 16.5 Å². The molecule has 0 saturated carbocycles. The standard InChI is InChI=1S/C8H14N4O/c1-3-5-6(10)11-7(4(2)9)12-8(5)13/h4H,3,9H2,1-2H3,(H3,10,11,12,13). The Labute approximate surface area is 76.2 Å². The zero-order valence-corrected chi connectivity index (χ0v) is 7.79. The van der Waals surface area contributed by atoms with E-state index >= 15 is 0 Å². The summed E-state index contributed by atoms with van der Waals surface area (Å²) in [6.07, 6.45) is 0.577. The maximum Gasteiger partial charge on any atom is 0.256 e. The quantitative estimate of drug-likeness (QED) is 0.596. The molecule has 0 radical (unpaired) electrons. The van der Waals surface area contributed by atoms with Gasteiger partial charge in [0.15, 0.2) is 0 Å². The van der Waals surface area contributed by atoms with Crippen LogP contribution in [0, 0.1) is 0 Å². The second kappa shape index (κ2) is 3.57. The average Bonchev–Trinajstić information content (AvgIpc) is 2.03. The van der Waals surface area contributed by atoms with Crippen LogP contribution in [0.15, 0.2) is 4.79 Å². The molecule has 72 valence electrons. The number of nitrogens with one attached hydrogen (secondary N) is 1. The van der Waals surface area contributed by atoms with Crippen molar-refractivity contribution in [3.8, 4) is 0 Å². The van der Waals surface area contributed by atoms with Gasteiger partial charge in [-0.1, -0.05) is 6.92 Å². The van der Waals surface area contributed by atoms with Crippen molar-refractivity contribution in [3.63, 3.8) is 0 Å². The molecule has 5 nitrogen and oxygen atoms in total. The minimum absolute atomic E-state index is 0.192. The fourth-order valence-corrected chi connectivity index (χ4v) is 1.09. The van der Waals surface area contributed by atoms with Gasteiger partial charge in [-0.05, 0) is 13.3 Å². The summed E-state index contributed by atoms with van der Waals surface area (Å²) >= 11 is 0. The summed E-state index contributed by atoms with van der Waals surface area (Å²) in [7, 11) is 0. The molecule has 1 aromatic rings. The van der Waals surface area contributed by atoms with E-state index in [1.54, 1.807) is 6.92 Å². The highest BCUT2D eigenvalue weighted by Gasteiger charge is 2.08. The Bertz CT molecular complexity index is 356. The minimum atomic E-state index is -0.305. The first kappa shape index (κ1) is 9.73. The fourth-order valence-electron chi connectivity index (χ4n) is 1.09. The molecule has 1 atom stereocenters. The van der Waals surface area contributed by atoms with Crippen LogP contribution in [0.25, 0.3) is 0 Å². The van der Waals surface area contributed by atoms with Crippen molar-refractivity contribution in [2.75, 3.05) is 5.73 Å². The highest BCUT2D eigenvalue weighted by atomic mass is 16.1. The van der Waals surface area contributed by atoms with Crippen molar-refractivity contribution in [2.24, 2.45) is 5.73 Å². The van der Waals surface area contributed by atoms with Gasteiger partial charge in [0.25, 0.3) is 5.56 Å². The lowest BCUT2D eigenvalue weighted by atomic mass is 10.2. The molecule has 0 aliphatic rings. The Morgan fingerprint density at radius 2 is 2.23 bits per heavy atom. The van der Waals surface area contributed by atoms with Crippen molar-refractivity contribution in [3.05, 3.63) is 21.7 Å². The summed E-state index contributed by atoms with van der Waals surface area (Å²) in [5.74, 6) is 0.707. The molecular formula is C8H14N4O. The van der Waals surface area contributed by atoms with Gasteiger partial charge in [0.05, 0.1) is 11.6 Å². The van der Waals surface area contributed by atoms with Crippen LogP contribution >= 0.6 is 0 Å². The van der Waals surface area contributed by atoms with E-state index in [1.165, 1.54) is 0 Å². The van der Waals surface area contributed by atoms with Gasteiger partial charge in [-0.15, -0.1) is 0 Å². The third-order valence-corrected chi connectivity index (χ3v) is 1.85. The predicted octanol–water partition coefficient (Wildman–Crippen LogP) is -0.0658. The van der Waals surface area contributed by atoms with Crippen molar-refractivity contribution < 1.29 is 0 Å². The van der Waals surface area contributed by atoms with E-state index in [4.69, 9.17) is 11.5 Å². The van der Waals surface area contributed by atoms with E-state index in [-0.39, 0.29) is 17.4 Å². The van der Waals surface area contributed by atoms with E-state index < -0.39 is 0 Å². The Morgan fingerprint density at radius 3 is 2.62 bits per heavy atom. The largest absolute Gasteiger partial charge is 0.383 e. The summed E-state index contributed by atoms with van der Waals surface area (Å²) in [5.41, 5.74) is 11.5. The molecule has 0 fully saturated rings. The number of anilines is 1. The van der Waals surface area contributed by atoms with Gasteiger partial charge in [0.2, 0.25) is 0 Å². The van der Waals surface area contributed by atoms with Crippen molar-refractivity contribution in [2.45, 2.75) is 26.3 Å². The lowest BCUT2D eigenvalue weighted by Gasteiger charge is -2.07. The van der Waals surface area contributed by atoms with E-state index in [0.29, 0.717) is 17.8 Å². The second-order valence-corrected chi connectivity index (χ2v) is 2.96. The minimum Gasteiger partial charge on any atom is -0.383 e. The van der Waals surface area contributed by atoms with Crippen LogP contribution in [0.4, 0.5) is 5.82 Å². The maximum atomic E-state index is 11.4. The Hall–Kier alpha value is -1.36. The molecule has 1 unspecified atom stereocenters. The second-order valence-electron chi connectivity index (χ2n) is 2.96. The molecule has 13 heavy (non-hydrogen) atoms. The first-order valence-electron chi connectivity index (χ1n) is 4.20. The van der Waals surface area contributed by atoms with Crippen molar-refractivity contribution in [1.29, 1.82) is 0 Å². The van der Waals surface area contributed by atoms with E-state index in [9.17, 15) is 4.79 Å². The van der Waals surface area contributed by atoms with Gasteiger partial charge in [-0.2, -0.15) is 0 Å². The molecule has 1 heterocycles. The first-order valence-corrected chi connectivity index (χ1v) is 4.20. The monoisotopic (exact) mass is 182 g/mol. The Balaban J connectivity index is 3.29. The number of rotatable bonds is 2. The molecule has 0 aliphatic carbocycles. The summed E-state index contributed by atoms with van der Waals surface area (Å²) in [4.78, 5) is 18.0. The Morgan fingerprint density at radius 1 is 1.62 bits per heavy atom. The molecule has 5 heteroatoms. The van der Waals surface area contributed by atoms with E-state index in [2.05, 4.69) is 9.97 Å². The third kappa shape index (κ3) is 1.86. The summed E-state index contributed by atoms with van der Waals surface area (Å²) in [6, 6.07) is -0.305. The smallest absolute Gasteiger partial charge is 0.256 e. The van der Waals surface area contributed by atoms with Crippen LogP contribution in [-0.4, -0.2) is 9.97 Å². The van der Waals surface area contributed by atoms with Gasteiger partial charge in [-0.25, -0.2) is 4.98 Å². The topological polar surface area (TPSA) is 97.8 Å². The number of hydrogen-bond acceptors (Lipinski definition) is 4. The summed E-state index contributed by atoms with van der Waals surface area (Å²) in [5, 5.41) is 0. The number of nitrogens with zero attached hydrogens (tertiary/aromatic N) is 1. The van der Waals surface area contributed by atoms with Crippen LogP contribution in [0.2, 0.25) is 0 Å². The zero-order chi connectivity index (χ0) is 10.0. The Kier molecular flexibility index (Phi) is 2.67. The molecule has 0 saturated heterocycles. The van der Waals surface area contributed by atoms with Crippen LogP contribution < -0.4 is 17.0 Å². The van der Waals surface area contributed by atoms with Crippen LogP contribution in [-0.2, 0) is 6.42 Å². The van der Waals surface area contributed by atoms with Gasteiger partial charge in [0.1, 0.15) is 11.6 Å². The summed E-state index contributed by atoms with van der Waals surface area (Å²) in [6.45, 7) is 3.59. The lowest BCUT2D eigenvalue weighted by molar-refractivity contribution is 0.730. The van der Waals surface area contributed by atoms with E-state index in [0.717, 1.165) is 0 Å². The molecule has 5 N–H and O–H groups in total. The molecule has 0 aliphatic heterocycles. The molecule has 0 spiro atoms. The highest BCUT2D eigenvalue weighted by molar-refractivity contribution is 5.37. The number of nitrogens with two attached hydrogens (primary N) is 2. The fraction of sp³-hybridized carbons (Fsp3) is 0.500. The van der Waals surface area contributed by atoms with Crippen LogP contribution in [0.5, 0.6) is 0 Å². The normalized spacial score (nSPS) is 12.8. The van der Waals surface area contributed by atoms with Crippen molar-refractivity contribution in [1.82, 2.24) is 9.97 Å². The lowest BCUT2D eigenvalue weighted by Crippen LogP contribution is -2.22. The maximum absolute atomic E-state index is 11.4. The molecule has 0 bridgehead atoms. The SMILES string of the molecule is CCc1c(N)nc(C(C)N)[nH]c1=O. The zero-order valence-electron chi connectivity index (χ0n) is 7.79. The molecular weight excluding hydrogens is 168 g/mol. The number of H-pyrrole nitrogens is 1. The first-order chi connectivity index (χ1) is 6.06. The van der Waals surface area contributed by atoms with Crippen LogP contribution in [0.3, 0.4) is 0 Å². The predicted molar refractivity (Wildman–Crippen MR) is 51.3 cm³/mol. The third-order valence-electron chi connectivity index (χ3n) is 1.85. The molecule has 0 amide bonds. The van der Waals surface area contributed by atoms with Crippen LogP contribution in [0.1, 0.15) is 31.3 Å². The number of aromatic amines is 1. The highest BCUT2D eigenvalue weighted by Crippen LogP contribution is 2.06. The van der Waals surface area contributed by atoms with Gasteiger partial charge >= 0.3 is 0 Å². The average molecular weight is 182 g/mol. The summed E-state index contributed by atoms with van der Waals surface area (Å²) < 4.78 is 0. The molecule has 1 rings (SSSR count). The van der Waals surface area contributed by atoms with E-state index in [1.807, 2.05) is 6.92 Å². The van der Waals surface area contributed by atoms with Crippen molar-refractivity contribution >= 4 is 5.82 Å². The van der Waals surface area contributed by atoms with Gasteiger partial charge in [0, 0.05) is 0 Å². The number of nitrogen functional groups attached to an aromatic ring is 1. The number of hydrogen-bond donors (Lipinski definition) is 3. The number of aromatic nitrogens is 2. The van der Waals surface area contributed by atoms with Gasteiger partial charge in [-0.3, -0.25) is 4.79 Å².